The van der Waals surface area contributed by atoms with Gasteiger partial charge in [0.15, 0.2) is 16.6 Å². The maximum absolute atomic E-state index is 8.12. The van der Waals surface area contributed by atoms with Gasteiger partial charge in [-0.3, -0.25) is 0 Å². The Morgan fingerprint density at radius 2 is 0.750 bits per heavy atom. The summed E-state index contributed by atoms with van der Waals surface area (Å²) in [6, 6.07) is 37.9. The number of carbonyl (C=O) groups excluding carboxylic acids is 2. The van der Waals surface area contributed by atoms with Gasteiger partial charge in [0.2, 0.25) is 0 Å². The molecule has 0 aliphatic heterocycles. The lowest BCUT2D eigenvalue weighted by Crippen LogP contribution is -2.47. The molecule has 0 bridgehead atoms. The SMILES string of the molecule is CCC(CC)(c1ccc(C)c(C)c1)c1ccc(CCC(O[Si](C)(C)C(C)(C)C)C(C)(C)C)c(C)c1.CCc1ccc(-c2ccc(C(CC)(CC)c3ccc(CCC(O[Si](C)(C)C(C)(C)C)C(C)(C)C)c(C)c3)cc2C)cc1.O=C=O. The molecule has 0 spiro atoms. The molecule has 2 atom stereocenters. The molecular formula is C74H114O4Si2. The molecule has 4 nitrogen and oxygen atoms in total. The van der Waals surface area contributed by atoms with Crippen LogP contribution in [0.1, 0.15) is 223 Å². The number of hydrogen-bond donors (Lipinski definition) is 0. The average molecular weight is 1120 g/mol. The summed E-state index contributed by atoms with van der Waals surface area (Å²) in [6.45, 7) is 60.5. The van der Waals surface area contributed by atoms with E-state index < -0.39 is 16.6 Å². The molecule has 5 aromatic rings. The van der Waals surface area contributed by atoms with Gasteiger partial charge < -0.3 is 8.85 Å². The van der Waals surface area contributed by atoms with E-state index in [1.807, 2.05) is 0 Å². The second-order valence-electron chi connectivity index (χ2n) is 28.9. The summed E-state index contributed by atoms with van der Waals surface area (Å²) in [5.74, 6) is 0. The topological polar surface area (TPSA) is 52.6 Å². The van der Waals surface area contributed by atoms with Crippen molar-refractivity contribution >= 4 is 22.8 Å². The molecular weight excluding hydrogens is 1010 g/mol. The van der Waals surface area contributed by atoms with E-state index in [-0.39, 0.29) is 50.1 Å². The van der Waals surface area contributed by atoms with Crippen molar-refractivity contribution in [3.8, 4) is 11.1 Å². The minimum atomic E-state index is -1.85. The Kier molecular flexibility index (Phi) is 24.9. The van der Waals surface area contributed by atoms with E-state index in [0.717, 1.165) is 57.8 Å². The van der Waals surface area contributed by atoms with Crippen molar-refractivity contribution < 1.29 is 18.4 Å². The molecule has 0 aliphatic carbocycles. The lowest BCUT2D eigenvalue weighted by atomic mass is 9.69. The Bertz CT molecular complexity index is 2770. The Balaban J connectivity index is 0.000000407. The molecule has 80 heavy (non-hydrogen) atoms. The minimum Gasteiger partial charge on any atom is -0.413 e. The van der Waals surface area contributed by atoms with Crippen LogP contribution >= 0.6 is 0 Å². The van der Waals surface area contributed by atoms with Crippen LogP contribution in [-0.2, 0) is 48.5 Å². The second-order valence-corrected chi connectivity index (χ2v) is 38.4. The lowest BCUT2D eigenvalue weighted by Gasteiger charge is -2.43. The van der Waals surface area contributed by atoms with Crippen molar-refractivity contribution in [1.82, 2.24) is 0 Å². The monoisotopic (exact) mass is 1120 g/mol. The zero-order valence-electron chi connectivity index (χ0n) is 55.9. The molecule has 0 aromatic heterocycles. The van der Waals surface area contributed by atoms with E-state index in [9.17, 15) is 0 Å². The van der Waals surface area contributed by atoms with E-state index in [4.69, 9.17) is 18.4 Å². The van der Waals surface area contributed by atoms with Gasteiger partial charge >= 0.3 is 6.15 Å². The third-order valence-electron chi connectivity index (χ3n) is 19.5. The van der Waals surface area contributed by atoms with E-state index in [0.29, 0.717) is 0 Å². The number of rotatable bonds is 20. The van der Waals surface area contributed by atoms with E-state index in [1.165, 1.54) is 77.9 Å². The maximum atomic E-state index is 8.12. The van der Waals surface area contributed by atoms with Crippen LogP contribution in [0.15, 0.2) is 97.1 Å². The van der Waals surface area contributed by atoms with Crippen LogP contribution < -0.4 is 0 Å². The third-order valence-corrected chi connectivity index (χ3v) is 28.5. The molecule has 0 aliphatic rings. The van der Waals surface area contributed by atoms with Gasteiger partial charge in [0.25, 0.3) is 0 Å². The predicted molar refractivity (Wildman–Crippen MR) is 352 cm³/mol. The van der Waals surface area contributed by atoms with E-state index >= 15 is 0 Å². The van der Waals surface area contributed by atoms with Crippen LogP contribution in [0.4, 0.5) is 0 Å². The summed E-state index contributed by atoms with van der Waals surface area (Å²) < 4.78 is 14.0. The smallest absolute Gasteiger partial charge is 0.373 e. The van der Waals surface area contributed by atoms with Gasteiger partial charge in [-0.15, -0.1) is 0 Å². The summed E-state index contributed by atoms with van der Waals surface area (Å²) in [4.78, 5) is 16.2. The van der Waals surface area contributed by atoms with Crippen molar-refractivity contribution in [2.45, 2.75) is 269 Å². The minimum absolute atomic E-state index is 0.0119. The maximum Gasteiger partial charge on any atom is 0.373 e. The highest BCUT2D eigenvalue weighted by atomic mass is 28.4. The fourth-order valence-corrected chi connectivity index (χ4v) is 14.3. The van der Waals surface area contributed by atoms with Crippen LogP contribution in [0, 0.1) is 45.4 Å². The molecule has 5 aromatic carbocycles. The van der Waals surface area contributed by atoms with Gasteiger partial charge in [-0.25, -0.2) is 0 Å². The average Bonchev–Trinajstić information content (AvgIpc) is 3.36. The van der Waals surface area contributed by atoms with Gasteiger partial charge in [0.1, 0.15) is 0 Å². The summed E-state index contributed by atoms with van der Waals surface area (Å²) in [7, 11) is -3.67. The molecule has 0 heterocycles. The van der Waals surface area contributed by atoms with Crippen molar-refractivity contribution in [2.75, 3.05) is 0 Å². The Labute approximate surface area is 493 Å². The van der Waals surface area contributed by atoms with Crippen molar-refractivity contribution in [3.63, 3.8) is 0 Å². The molecule has 0 fully saturated rings. The second kappa shape index (κ2) is 28.4. The van der Waals surface area contributed by atoms with Crippen LogP contribution in [0.2, 0.25) is 36.3 Å². The van der Waals surface area contributed by atoms with Crippen molar-refractivity contribution in [1.29, 1.82) is 0 Å². The summed E-state index contributed by atoms with van der Waals surface area (Å²) in [6.07, 6.45) is 10.5. The normalized spacial score (nSPS) is 13.6. The first kappa shape index (κ1) is 70.1. The van der Waals surface area contributed by atoms with Gasteiger partial charge in [0.05, 0.1) is 12.2 Å². The molecule has 0 saturated carbocycles. The standard InChI is InChI=1S/C40H60OSi.C33H54OSi.CO2/c1-14-31-17-19-33(20-18-31)36-25-24-35(28-30(36)5)40(15-2,16-3)34-23-21-32(29(4)27-34)22-26-37(38(6,7)8)41-42(12,13)39(9,10)11;1-14-33(15-2,28-19-16-24(3)25(4)22-28)29-20-17-27(26(5)23-29)18-21-30(31(6,7)8)34-35(12,13)32(9,10)11;2-1-3/h17-21,23-25,27-28,37H,14-16,22,26H2,1-13H3;16-17,19-20,22-23,30H,14-15,18,21H2,1-13H3;. The quantitative estimate of drug-likeness (QED) is 0.0729. The first-order valence-electron chi connectivity index (χ1n) is 30.7. The molecule has 0 N–H and O–H groups in total. The van der Waals surface area contributed by atoms with Crippen LogP contribution in [0.3, 0.4) is 0 Å². The lowest BCUT2D eigenvalue weighted by molar-refractivity contribution is -0.191. The molecule has 0 saturated heterocycles. The zero-order chi connectivity index (χ0) is 61.0. The van der Waals surface area contributed by atoms with E-state index in [2.05, 4.69) is 276 Å². The fourth-order valence-electron chi connectivity index (χ4n) is 11.2. The largest absolute Gasteiger partial charge is 0.413 e. The zero-order valence-corrected chi connectivity index (χ0v) is 57.9. The Morgan fingerprint density at radius 3 is 1.04 bits per heavy atom. The first-order valence-corrected chi connectivity index (χ1v) is 36.5. The van der Waals surface area contributed by atoms with Gasteiger partial charge in [-0.2, -0.15) is 9.59 Å². The molecule has 2 unspecified atom stereocenters. The van der Waals surface area contributed by atoms with Crippen LogP contribution in [0.25, 0.3) is 11.1 Å². The van der Waals surface area contributed by atoms with Gasteiger partial charge in [0, 0.05) is 10.8 Å². The van der Waals surface area contributed by atoms with Crippen molar-refractivity contribution in [3.05, 3.63) is 164 Å². The Morgan fingerprint density at radius 1 is 0.425 bits per heavy atom. The molecule has 6 heteroatoms. The van der Waals surface area contributed by atoms with Crippen LogP contribution in [-0.4, -0.2) is 35.0 Å². The highest BCUT2D eigenvalue weighted by molar-refractivity contribution is 6.74. The highest BCUT2D eigenvalue weighted by Crippen LogP contribution is 2.45. The number of aryl methyl sites for hydroxylation is 8. The molecule has 442 valence electrons. The molecule has 5 rings (SSSR count). The fraction of sp³-hybridized carbons (Fsp3) is 0.581. The summed E-state index contributed by atoms with van der Waals surface area (Å²) in [5, 5.41) is 0.444. The summed E-state index contributed by atoms with van der Waals surface area (Å²) >= 11 is 0. The first-order chi connectivity index (χ1) is 36.9. The van der Waals surface area contributed by atoms with Gasteiger partial charge in [-0.05, 0) is 217 Å². The molecule has 0 radical (unpaired) electrons. The third kappa shape index (κ3) is 17.4. The van der Waals surface area contributed by atoms with Crippen LogP contribution in [0.5, 0.6) is 0 Å². The predicted octanol–water partition coefficient (Wildman–Crippen LogP) is 21.5. The highest BCUT2D eigenvalue weighted by Gasteiger charge is 2.43. The Hall–Kier alpha value is -4.17. The van der Waals surface area contributed by atoms with Gasteiger partial charge in [-0.1, -0.05) is 215 Å². The summed E-state index contributed by atoms with van der Waals surface area (Å²) in [5.41, 5.74) is 20.0. The molecule has 0 amide bonds. The van der Waals surface area contributed by atoms with E-state index in [1.54, 1.807) is 0 Å². The number of benzene rings is 5. The number of hydrogen-bond acceptors (Lipinski definition) is 4. The van der Waals surface area contributed by atoms with Crippen molar-refractivity contribution in [2.24, 2.45) is 10.8 Å².